The van der Waals surface area contributed by atoms with E-state index >= 15 is 0 Å². The largest absolute Gasteiger partial charge is 0.423 e. The van der Waals surface area contributed by atoms with Crippen molar-refractivity contribution >= 4 is 11.0 Å². The van der Waals surface area contributed by atoms with Gasteiger partial charge in [0.25, 0.3) is 0 Å². The Labute approximate surface area is 112 Å². The van der Waals surface area contributed by atoms with Crippen molar-refractivity contribution in [2.24, 2.45) is 0 Å². The lowest BCUT2D eigenvalue weighted by Gasteiger charge is -2.40. The standard InChI is InChI=1S/C17H18O2/c18-17-16-12-8-4-2-1-3-7-11(12)15(16)13-9-5-6-10-14(13)19-17/h5-6,9-12H,1-4,7-8H2. The molecule has 4 rings (SSSR count). The maximum absolute atomic E-state index is 12.2. The molecule has 0 spiro atoms. The van der Waals surface area contributed by atoms with Gasteiger partial charge in [-0.05, 0) is 36.3 Å². The molecule has 1 aromatic heterocycles. The van der Waals surface area contributed by atoms with Crippen LogP contribution in [0.3, 0.4) is 0 Å². The van der Waals surface area contributed by atoms with E-state index < -0.39 is 0 Å². The summed E-state index contributed by atoms with van der Waals surface area (Å²) in [7, 11) is 0. The Balaban J connectivity index is 1.93. The number of para-hydroxylation sites is 1. The first-order valence-electron chi connectivity index (χ1n) is 7.42. The predicted octanol–water partition coefficient (Wildman–Crippen LogP) is 4.33. The highest BCUT2D eigenvalue weighted by Crippen LogP contribution is 2.53. The summed E-state index contributed by atoms with van der Waals surface area (Å²) >= 11 is 0. The van der Waals surface area contributed by atoms with Gasteiger partial charge in [-0.2, -0.15) is 0 Å². The van der Waals surface area contributed by atoms with E-state index in [2.05, 4.69) is 6.07 Å². The zero-order valence-corrected chi connectivity index (χ0v) is 11.0. The van der Waals surface area contributed by atoms with Crippen molar-refractivity contribution in [1.29, 1.82) is 0 Å². The Kier molecular flexibility index (Phi) is 2.51. The van der Waals surface area contributed by atoms with Crippen LogP contribution in [0, 0.1) is 0 Å². The van der Waals surface area contributed by atoms with E-state index in [1.807, 2.05) is 18.2 Å². The minimum absolute atomic E-state index is 0.0875. The van der Waals surface area contributed by atoms with E-state index in [-0.39, 0.29) is 5.63 Å². The van der Waals surface area contributed by atoms with Crippen LogP contribution in [-0.4, -0.2) is 0 Å². The average molecular weight is 254 g/mol. The monoisotopic (exact) mass is 254 g/mol. The molecule has 2 aromatic rings. The van der Waals surface area contributed by atoms with E-state index in [9.17, 15) is 4.79 Å². The highest BCUT2D eigenvalue weighted by atomic mass is 16.4. The zero-order chi connectivity index (χ0) is 12.8. The highest BCUT2D eigenvalue weighted by molar-refractivity contribution is 5.84. The quantitative estimate of drug-likeness (QED) is 0.655. The number of hydrogen-bond acceptors (Lipinski definition) is 2. The molecule has 2 heteroatoms. The molecule has 0 N–H and O–H groups in total. The number of hydrogen-bond donors (Lipinski definition) is 0. The van der Waals surface area contributed by atoms with Crippen LogP contribution in [0.4, 0.5) is 0 Å². The third kappa shape index (κ3) is 1.59. The summed E-state index contributed by atoms with van der Waals surface area (Å²) in [5, 5.41) is 1.17. The zero-order valence-electron chi connectivity index (χ0n) is 11.0. The molecule has 2 aliphatic carbocycles. The molecule has 98 valence electrons. The van der Waals surface area contributed by atoms with Crippen LogP contribution in [0.1, 0.15) is 61.5 Å². The molecule has 0 radical (unpaired) electrons. The van der Waals surface area contributed by atoms with Gasteiger partial charge in [-0.1, -0.05) is 43.9 Å². The van der Waals surface area contributed by atoms with Gasteiger partial charge in [-0.25, -0.2) is 4.79 Å². The van der Waals surface area contributed by atoms with Gasteiger partial charge in [-0.3, -0.25) is 0 Å². The summed E-state index contributed by atoms with van der Waals surface area (Å²) < 4.78 is 5.49. The Bertz CT molecular complexity index is 683. The predicted molar refractivity (Wildman–Crippen MR) is 75.7 cm³/mol. The van der Waals surface area contributed by atoms with Crippen LogP contribution in [0.15, 0.2) is 33.5 Å². The summed E-state index contributed by atoms with van der Waals surface area (Å²) in [6.07, 6.45) is 7.63. The first kappa shape index (κ1) is 11.3. The van der Waals surface area contributed by atoms with E-state index in [4.69, 9.17) is 4.42 Å². The van der Waals surface area contributed by atoms with Gasteiger partial charge in [0.15, 0.2) is 0 Å². The summed E-state index contributed by atoms with van der Waals surface area (Å²) in [6, 6.07) is 7.99. The third-order valence-electron chi connectivity index (χ3n) is 4.90. The fraction of sp³-hybridized carbons (Fsp3) is 0.471. The van der Waals surface area contributed by atoms with Gasteiger partial charge < -0.3 is 4.42 Å². The average Bonchev–Trinajstić information content (AvgIpc) is 2.38. The van der Waals surface area contributed by atoms with Gasteiger partial charge in [-0.15, -0.1) is 0 Å². The number of rotatable bonds is 0. The highest BCUT2D eigenvalue weighted by Gasteiger charge is 2.41. The lowest BCUT2D eigenvalue weighted by atomic mass is 9.63. The minimum atomic E-state index is -0.0875. The Morgan fingerprint density at radius 2 is 1.58 bits per heavy atom. The number of fused-ring (bicyclic) bond motifs is 6. The van der Waals surface area contributed by atoms with Crippen LogP contribution in [0.2, 0.25) is 0 Å². The molecule has 1 saturated carbocycles. The molecular formula is C17H18O2. The van der Waals surface area contributed by atoms with Gasteiger partial charge >= 0.3 is 5.63 Å². The molecule has 0 aliphatic heterocycles. The minimum Gasteiger partial charge on any atom is -0.423 e. The fourth-order valence-corrected chi connectivity index (χ4v) is 4.02. The van der Waals surface area contributed by atoms with E-state index in [1.54, 1.807) is 0 Å². The Hall–Kier alpha value is -1.57. The molecular weight excluding hydrogens is 236 g/mol. The van der Waals surface area contributed by atoms with Crippen LogP contribution < -0.4 is 5.63 Å². The summed E-state index contributed by atoms with van der Waals surface area (Å²) in [4.78, 5) is 12.2. The van der Waals surface area contributed by atoms with Crippen molar-refractivity contribution < 1.29 is 4.42 Å². The maximum Gasteiger partial charge on any atom is 0.340 e. The molecule has 2 atom stereocenters. The first-order valence-corrected chi connectivity index (χ1v) is 7.42. The molecule has 0 saturated heterocycles. The van der Waals surface area contributed by atoms with Gasteiger partial charge in [0.05, 0.1) is 0 Å². The molecule has 1 fully saturated rings. The van der Waals surface area contributed by atoms with Crippen molar-refractivity contribution in [1.82, 2.24) is 0 Å². The molecule has 19 heavy (non-hydrogen) atoms. The van der Waals surface area contributed by atoms with Crippen molar-refractivity contribution in [2.45, 2.75) is 50.4 Å². The normalized spacial score (nSPS) is 25.9. The van der Waals surface area contributed by atoms with Crippen LogP contribution in [0.25, 0.3) is 11.0 Å². The molecule has 2 unspecified atom stereocenters. The van der Waals surface area contributed by atoms with E-state index in [0.29, 0.717) is 11.8 Å². The molecule has 1 heterocycles. The molecule has 0 bridgehead atoms. The summed E-state index contributed by atoms with van der Waals surface area (Å²) in [5.74, 6) is 1.07. The van der Waals surface area contributed by atoms with Crippen molar-refractivity contribution in [3.63, 3.8) is 0 Å². The molecule has 0 amide bonds. The van der Waals surface area contributed by atoms with Gasteiger partial charge in [0.1, 0.15) is 5.58 Å². The summed E-state index contributed by atoms with van der Waals surface area (Å²) in [5.41, 5.74) is 2.96. The second-order valence-corrected chi connectivity index (χ2v) is 5.92. The number of benzene rings is 1. The van der Waals surface area contributed by atoms with Crippen LogP contribution in [-0.2, 0) is 0 Å². The second kappa shape index (κ2) is 4.22. The lowest BCUT2D eigenvalue weighted by molar-refractivity contribution is 0.349. The van der Waals surface area contributed by atoms with Gasteiger partial charge in [0, 0.05) is 10.9 Å². The smallest absolute Gasteiger partial charge is 0.340 e. The van der Waals surface area contributed by atoms with Crippen LogP contribution in [0.5, 0.6) is 0 Å². The molecule has 2 aliphatic rings. The maximum atomic E-state index is 12.2. The van der Waals surface area contributed by atoms with Gasteiger partial charge in [0.2, 0.25) is 0 Å². The molecule has 1 aromatic carbocycles. The Morgan fingerprint density at radius 3 is 2.37 bits per heavy atom. The second-order valence-electron chi connectivity index (χ2n) is 5.92. The summed E-state index contributed by atoms with van der Waals surface area (Å²) in [6.45, 7) is 0. The van der Waals surface area contributed by atoms with Crippen molar-refractivity contribution in [3.8, 4) is 0 Å². The van der Waals surface area contributed by atoms with Crippen molar-refractivity contribution in [2.75, 3.05) is 0 Å². The van der Waals surface area contributed by atoms with Crippen LogP contribution >= 0.6 is 0 Å². The van der Waals surface area contributed by atoms with E-state index in [0.717, 1.165) is 11.1 Å². The first-order chi connectivity index (χ1) is 9.36. The lowest BCUT2D eigenvalue weighted by Crippen LogP contribution is -2.32. The fourth-order valence-electron chi connectivity index (χ4n) is 4.02. The van der Waals surface area contributed by atoms with E-state index in [1.165, 1.54) is 49.5 Å². The topological polar surface area (TPSA) is 30.2 Å². The Morgan fingerprint density at radius 1 is 0.895 bits per heavy atom. The SMILES string of the molecule is O=c1oc2ccccc2c2c1C1CCCCCCC21. The molecule has 2 nitrogen and oxygen atoms in total. The third-order valence-corrected chi connectivity index (χ3v) is 4.90. The van der Waals surface area contributed by atoms with Crippen molar-refractivity contribution in [3.05, 3.63) is 45.8 Å².